The first-order valence-electron chi connectivity index (χ1n) is 5.08. The molecule has 0 amide bonds. The Hall–Kier alpha value is -1.66. The Morgan fingerprint density at radius 1 is 1.42 bits per heavy atom. The van der Waals surface area contributed by atoms with E-state index in [1.165, 1.54) is 24.4 Å². The lowest BCUT2D eigenvalue weighted by Gasteiger charge is -2.08. The second kappa shape index (κ2) is 5.54. The second-order valence-corrected chi connectivity index (χ2v) is 4.93. The van der Waals surface area contributed by atoms with Crippen molar-refractivity contribution in [2.24, 2.45) is 0 Å². The van der Waals surface area contributed by atoms with Gasteiger partial charge in [-0.3, -0.25) is 0 Å². The van der Waals surface area contributed by atoms with Crippen LogP contribution in [-0.2, 0) is 0 Å². The van der Waals surface area contributed by atoms with E-state index in [2.05, 4.69) is 26.2 Å². The highest BCUT2D eigenvalue weighted by Crippen LogP contribution is 2.25. The van der Waals surface area contributed by atoms with Gasteiger partial charge >= 0.3 is 5.97 Å². The van der Waals surface area contributed by atoms with Crippen molar-refractivity contribution in [3.05, 3.63) is 51.3 Å². The van der Waals surface area contributed by atoms with Gasteiger partial charge in [-0.25, -0.2) is 14.2 Å². The van der Waals surface area contributed by atoms with Crippen LogP contribution in [0.2, 0.25) is 5.02 Å². The van der Waals surface area contributed by atoms with Gasteiger partial charge in [0.15, 0.2) is 0 Å². The van der Waals surface area contributed by atoms with Crippen molar-refractivity contribution in [1.82, 2.24) is 4.98 Å². The van der Waals surface area contributed by atoms with E-state index in [4.69, 9.17) is 16.7 Å². The molecule has 0 atom stereocenters. The molecule has 1 heterocycles. The molecular weight excluding hydrogens is 338 g/mol. The molecule has 0 aliphatic rings. The van der Waals surface area contributed by atoms with Crippen LogP contribution in [0.15, 0.2) is 34.9 Å². The molecule has 0 spiro atoms. The van der Waals surface area contributed by atoms with Crippen molar-refractivity contribution in [2.45, 2.75) is 0 Å². The summed E-state index contributed by atoms with van der Waals surface area (Å²) in [6.45, 7) is 0. The van der Waals surface area contributed by atoms with E-state index in [0.29, 0.717) is 4.47 Å². The summed E-state index contributed by atoms with van der Waals surface area (Å²) < 4.78 is 14.2. The monoisotopic (exact) mass is 344 g/mol. The Balaban J connectivity index is 2.36. The highest BCUT2D eigenvalue weighted by molar-refractivity contribution is 9.10. The normalized spacial score (nSPS) is 10.3. The molecule has 0 saturated carbocycles. The highest BCUT2D eigenvalue weighted by Gasteiger charge is 2.11. The number of carboxylic acids is 1. The smallest absolute Gasteiger partial charge is 0.337 e. The van der Waals surface area contributed by atoms with E-state index in [1.807, 2.05) is 0 Å². The average Bonchev–Trinajstić information content (AvgIpc) is 2.36. The average molecular weight is 346 g/mol. The van der Waals surface area contributed by atoms with Crippen molar-refractivity contribution in [3.8, 4) is 0 Å². The van der Waals surface area contributed by atoms with Crippen molar-refractivity contribution in [3.63, 3.8) is 0 Å². The van der Waals surface area contributed by atoms with Crippen LogP contribution in [0, 0.1) is 5.82 Å². The maximum atomic E-state index is 13.5. The Morgan fingerprint density at radius 3 is 2.84 bits per heavy atom. The summed E-state index contributed by atoms with van der Waals surface area (Å²) >= 11 is 8.91. The van der Waals surface area contributed by atoms with E-state index in [9.17, 15) is 9.18 Å². The van der Waals surface area contributed by atoms with Gasteiger partial charge in [0.05, 0.1) is 16.3 Å². The predicted octanol–water partition coefficient (Wildman–Crippen LogP) is 4.08. The molecule has 98 valence electrons. The first kappa shape index (κ1) is 13.8. The van der Waals surface area contributed by atoms with Gasteiger partial charge in [0, 0.05) is 10.7 Å². The number of aromatic nitrogens is 1. The van der Waals surface area contributed by atoms with Crippen molar-refractivity contribution >= 4 is 45.0 Å². The van der Waals surface area contributed by atoms with Gasteiger partial charge < -0.3 is 10.4 Å². The van der Waals surface area contributed by atoms with Gasteiger partial charge in [0.2, 0.25) is 0 Å². The third kappa shape index (κ3) is 3.21. The number of nitrogens with zero attached hydrogens (tertiary/aromatic N) is 1. The summed E-state index contributed by atoms with van der Waals surface area (Å²) in [7, 11) is 0. The minimum atomic E-state index is -1.18. The molecular formula is C12H7BrClFN2O2. The van der Waals surface area contributed by atoms with Crippen molar-refractivity contribution < 1.29 is 14.3 Å². The number of carboxylic acid groups (broad SMARTS) is 1. The molecule has 4 nitrogen and oxygen atoms in total. The molecule has 2 N–H and O–H groups in total. The first-order valence-corrected chi connectivity index (χ1v) is 6.25. The van der Waals surface area contributed by atoms with Crippen molar-refractivity contribution in [1.29, 1.82) is 0 Å². The molecule has 19 heavy (non-hydrogen) atoms. The Labute approximate surface area is 121 Å². The Morgan fingerprint density at radius 2 is 2.16 bits per heavy atom. The summed E-state index contributed by atoms with van der Waals surface area (Å²) in [5.74, 6) is -1.46. The molecule has 7 heteroatoms. The summed E-state index contributed by atoms with van der Waals surface area (Å²) in [4.78, 5) is 14.8. The SMILES string of the molecule is O=C(O)c1cc(Nc2cc(Br)ccc2F)ncc1Cl. The summed E-state index contributed by atoms with van der Waals surface area (Å²) in [6, 6.07) is 5.59. The number of hydrogen-bond donors (Lipinski definition) is 2. The van der Waals surface area contributed by atoms with Gasteiger partial charge in [-0.05, 0) is 24.3 Å². The minimum absolute atomic E-state index is 0.0211. The van der Waals surface area contributed by atoms with Crippen LogP contribution in [0.4, 0.5) is 15.9 Å². The molecule has 2 aromatic rings. The Kier molecular flexibility index (Phi) is 4.01. The Bertz CT molecular complexity index is 652. The molecule has 0 aliphatic carbocycles. The number of anilines is 2. The molecule has 1 aromatic heterocycles. The van der Waals surface area contributed by atoms with Gasteiger partial charge in [-0.15, -0.1) is 0 Å². The predicted molar refractivity (Wildman–Crippen MR) is 73.6 cm³/mol. The minimum Gasteiger partial charge on any atom is -0.478 e. The molecule has 0 radical (unpaired) electrons. The van der Waals surface area contributed by atoms with Gasteiger partial charge in [0.1, 0.15) is 11.6 Å². The number of halogens is 3. The van der Waals surface area contributed by atoms with Crippen LogP contribution >= 0.6 is 27.5 Å². The van der Waals surface area contributed by atoms with E-state index in [1.54, 1.807) is 6.07 Å². The summed E-state index contributed by atoms with van der Waals surface area (Å²) in [5.41, 5.74) is 0.0788. The highest BCUT2D eigenvalue weighted by atomic mass is 79.9. The number of benzene rings is 1. The standard InChI is InChI=1S/C12H7BrClFN2O2/c13-6-1-2-9(15)10(3-6)17-11-4-7(12(18)19)8(14)5-16-11/h1-5H,(H,16,17)(H,18,19). The number of rotatable bonds is 3. The van der Waals surface area contributed by atoms with Crippen LogP contribution in [0.3, 0.4) is 0 Å². The van der Waals surface area contributed by atoms with Gasteiger partial charge in [0.25, 0.3) is 0 Å². The molecule has 0 unspecified atom stereocenters. The van der Waals surface area contributed by atoms with Crippen LogP contribution in [0.5, 0.6) is 0 Å². The second-order valence-electron chi connectivity index (χ2n) is 3.60. The summed E-state index contributed by atoms with van der Waals surface area (Å²) in [6.07, 6.45) is 1.20. The third-order valence-electron chi connectivity index (χ3n) is 2.28. The molecule has 0 saturated heterocycles. The quantitative estimate of drug-likeness (QED) is 0.880. The van der Waals surface area contributed by atoms with E-state index in [-0.39, 0.29) is 22.1 Å². The maximum absolute atomic E-state index is 13.5. The molecule has 0 bridgehead atoms. The van der Waals surface area contributed by atoms with Crippen LogP contribution in [0.25, 0.3) is 0 Å². The molecule has 0 fully saturated rings. The fourth-order valence-electron chi connectivity index (χ4n) is 1.40. The van der Waals surface area contributed by atoms with E-state index < -0.39 is 11.8 Å². The zero-order valence-electron chi connectivity index (χ0n) is 9.32. The zero-order chi connectivity index (χ0) is 14.0. The number of aromatic carboxylic acids is 1. The van der Waals surface area contributed by atoms with Crippen molar-refractivity contribution in [2.75, 3.05) is 5.32 Å². The number of pyridine rings is 1. The number of carbonyl (C=O) groups is 1. The molecule has 1 aromatic carbocycles. The van der Waals surface area contributed by atoms with Gasteiger partial charge in [-0.2, -0.15) is 0 Å². The number of hydrogen-bond acceptors (Lipinski definition) is 3. The largest absolute Gasteiger partial charge is 0.478 e. The van der Waals surface area contributed by atoms with Crippen LogP contribution in [-0.4, -0.2) is 16.1 Å². The van der Waals surface area contributed by atoms with Gasteiger partial charge in [-0.1, -0.05) is 27.5 Å². The third-order valence-corrected chi connectivity index (χ3v) is 3.07. The topological polar surface area (TPSA) is 62.2 Å². The maximum Gasteiger partial charge on any atom is 0.337 e. The molecule has 2 rings (SSSR count). The lowest BCUT2D eigenvalue weighted by Crippen LogP contribution is -2.02. The zero-order valence-corrected chi connectivity index (χ0v) is 11.7. The fraction of sp³-hybridized carbons (Fsp3) is 0. The van der Waals surface area contributed by atoms with Crippen LogP contribution < -0.4 is 5.32 Å². The van der Waals surface area contributed by atoms with E-state index >= 15 is 0 Å². The lowest BCUT2D eigenvalue weighted by atomic mass is 10.2. The molecule has 0 aliphatic heterocycles. The van der Waals surface area contributed by atoms with Crippen LogP contribution in [0.1, 0.15) is 10.4 Å². The first-order chi connectivity index (χ1) is 8.97. The summed E-state index contributed by atoms with van der Waals surface area (Å²) in [5, 5.41) is 11.7. The van der Waals surface area contributed by atoms with E-state index in [0.717, 1.165) is 0 Å². The lowest BCUT2D eigenvalue weighted by molar-refractivity contribution is 0.0697. The fourth-order valence-corrected chi connectivity index (χ4v) is 1.95. The number of nitrogens with one attached hydrogen (secondary N) is 1.